The summed E-state index contributed by atoms with van der Waals surface area (Å²) in [7, 11) is 1.67. The summed E-state index contributed by atoms with van der Waals surface area (Å²) in [5, 5.41) is 13.4. The van der Waals surface area contributed by atoms with Gasteiger partial charge in [0, 0.05) is 30.8 Å². The van der Waals surface area contributed by atoms with Gasteiger partial charge in [0.15, 0.2) is 0 Å². The maximum Gasteiger partial charge on any atom is 0.124 e. The monoisotopic (exact) mass is 287 g/mol. The predicted molar refractivity (Wildman–Crippen MR) is 76.8 cm³/mol. The number of methoxy groups -OCH3 is 1. The number of ether oxygens (including phenoxy) is 2. The first kappa shape index (κ1) is 16.2. The van der Waals surface area contributed by atoms with Gasteiger partial charge in [-0.15, -0.1) is 0 Å². The molecule has 0 radical (unpaired) electrons. The zero-order valence-electron chi connectivity index (χ0n) is 11.6. The number of halogens is 1. The summed E-state index contributed by atoms with van der Waals surface area (Å²) in [4.78, 5) is 0. The van der Waals surface area contributed by atoms with Crippen LogP contribution in [0.15, 0.2) is 18.2 Å². The van der Waals surface area contributed by atoms with Crippen LogP contribution in [0, 0.1) is 0 Å². The lowest BCUT2D eigenvalue weighted by Gasteiger charge is -2.20. The maximum absolute atomic E-state index is 9.49. The lowest BCUT2D eigenvalue weighted by atomic mass is 10.2. The van der Waals surface area contributed by atoms with Gasteiger partial charge < -0.3 is 19.9 Å². The molecule has 1 aromatic rings. The minimum absolute atomic E-state index is 0.265. The molecule has 0 bridgehead atoms. The molecule has 2 atom stereocenters. The smallest absolute Gasteiger partial charge is 0.124 e. The SMILES string of the molecule is COCCNCc1cc(Cl)ccc1OC(C)C(C)O. The zero-order chi connectivity index (χ0) is 14.3. The molecule has 0 aliphatic rings. The summed E-state index contributed by atoms with van der Waals surface area (Å²) >= 11 is 6.00. The third-order valence-corrected chi connectivity index (χ3v) is 3.05. The van der Waals surface area contributed by atoms with E-state index in [1.54, 1.807) is 20.1 Å². The lowest BCUT2D eigenvalue weighted by molar-refractivity contribution is 0.0597. The highest BCUT2D eigenvalue weighted by molar-refractivity contribution is 6.30. The first-order valence-corrected chi connectivity index (χ1v) is 6.75. The largest absolute Gasteiger partial charge is 0.488 e. The van der Waals surface area contributed by atoms with Crippen molar-refractivity contribution in [3.63, 3.8) is 0 Å². The molecule has 0 heterocycles. The molecular formula is C14H22ClNO3. The zero-order valence-corrected chi connectivity index (χ0v) is 12.4. The van der Waals surface area contributed by atoms with Gasteiger partial charge in [0.2, 0.25) is 0 Å². The van der Waals surface area contributed by atoms with Crippen LogP contribution >= 0.6 is 11.6 Å². The highest BCUT2D eigenvalue weighted by atomic mass is 35.5. The van der Waals surface area contributed by atoms with Crippen LogP contribution in [0.1, 0.15) is 19.4 Å². The van der Waals surface area contributed by atoms with Crippen molar-refractivity contribution in [3.8, 4) is 5.75 Å². The van der Waals surface area contributed by atoms with Crippen LogP contribution in [0.4, 0.5) is 0 Å². The van der Waals surface area contributed by atoms with Crippen molar-refractivity contribution in [3.05, 3.63) is 28.8 Å². The second-order valence-electron chi connectivity index (χ2n) is 4.49. The standard InChI is InChI=1S/C14H22ClNO3/c1-10(17)11(2)19-14-5-4-13(15)8-12(14)9-16-6-7-18-3/h4-5,8,10-11,16-17H,6-7,9H2,1-3H3. The molecule has 0 aromatic heterocycles. The van der Waals surface area contributed by atoms with Crippen LogP contribution in [-0.4, -0.2) is 37.6 Å². The van der Waals surface area contributed by atoms with Crippen molar-refractivity contribution in [1.29, 1.82) is 0 Å². The van der Waals surface area contributed by atoms with E-state index in [0.29, 0.717) is 18.2 Å². The van der Waals surface area contributed by atoms with Crippen LogP contribution in [0.3, 0.4) is 0 Å². The number of aliphatic hydroxyl groups excluding tert-OH is 1. The third kappa shape index (κ3) is 5.78. The van der Waals surface area contributed by atoms with Gasteiger partial charge in [-0.1, -0.05) is 11.6 Å². The summed E-state index contributed by atoms with van der Waals surface area (Å²) in [5.74, 6) is 0.739. The number of aliphatic hydroxyl groups is 1. The Morgan fingerprint density at radius 1 is 1.37 bits per heavy atom. The molecule has 0 aliphatic heterocycles. The van der Waals surface area contributed by atoms with Crippen LogP contribution in [0.5, 0.6) is 5.75 Å². The number of rotatable bonds is 8. The first-order valence-electron chi connectivity index (χ1n) is 6.37. The molecule has 0 fully saturated rings. The normalized spacial score (nSPS) is 14.2. The predicted octanol–water partition coefficient (Wildman–Crippen LogP) is 2.22. The van der Waals surface area contributed by atoms with Crippen LogP contribution in [0.25, 0.3) is 0 Å². The van der Waals surface area contributed by atoms with E-state index in [4.69, 9.17) is 21.1 Å². The Morgan fingerprint density at radius 2 is 2.11 bits per heavy atom. The molecule has 0 amide bonds. The molecule has 4 nitrogen and oxygen atoms in total. The second kappa shape index (κ2) is 8.38. The van der Waals surface area contributed by atoms with E-state index in [1.165, 1.54) is 0 Å². The molecule has 0 aliphatic carbocycles. The van der Waals surface area contributed by atoms with Crippen molar-refractivity contribution >= 4 is 11.6 Å². The Balaban J connectivity index is 2.68. The van der Waals surface area contributed by atoms with Gasteiger partial charge in [0.1, 0.15) is 11.9 Å². The molecule has 108 valence electrons. The minimum atomic E-state index is -0.523. The summed E-state index contributed by atoms with van der Waals surface area (Å²) in [6.07, 6.45) is -0.788. The fourth-order valence-electron chi connectivity index (χ4n) is 1.50. The quantitative estimate of drug-likeness (QED) is 0.720. The Morgan fingerprint density at radius 3 is 2.74 bits per heavy atom. The van der Waals surface area contributed by atoms with Gasteiger partial charge in [-0.2, -0.15) is 0 Å². The Hall–Kier alpha value is -0.810. The van der Waals surface area contributed by atoms with Crippen molar-refractivity contribution < 1.29 is 14.6 Å². The fourth-order valence-corrected chi connectivity index (χ4v) is 1.69. The van der Waals surface area contributed by atoms with Crippen LogP contribution in [0.2, 0.25) is 5.02 Å². The van der Waals surface area contributed by atoms with Gasteiger partial charge in [-0.05, 0) is 32.0 Å². The van der Waals surface area contributed by atoms with Gasteiger partial charge in [-0.3, -0.25) is 0 Å². The van der Waals surface area contributed by atoms with Crippen molar-refractivity contribution in [2.24, 2.45) is 0 Å². The first-order chi connectivity index (χ1) is 9.04. The van der Waals surface area contributed by atoms with Crippen LogP contribution < -0.4 is 10.1 Å². The fraction of sp³-hybridized carbons (Fsp3) is 0.571. The number of hydrogen-bond donors (Lipinski definition) is 2. The van der Waals surface area contributed by atoms with Gasteiger partial charge in [0.05, 0.1) is 12.7 Å². The molecule has 2 unspecified atom stereocenters. The summed E-state index contributed by atoms with van der Waals surface area (Å²) in [6, 6.07) is 5.48. The minimum Gasteiger partial charge on any atom is -0.488 e. The Labute approximate surface area is 119 Å². The second-order valence-corrected chi connectivity index (χ2v) is 4.92. The van der Waals surface area contributed by atoms with Crippen molar-refractivity contribution in [2.75, 3.05) is 20.3 Å². The highest BCUT2D eigenvalue weighted by Gasteiger charge is 2.13. The van der Waals surface area contributed by atoms with Crippen LogP contribution in [-0.2, 0) is 11.3 Å². The van der Waals surface area contributed by atoms with E-state index in [2.05, 4.69) is 5.32 Å². The molecule has 1 rings (SSSR count). The molecular weight excluding hydrogens is 266 g/mol. The van der Waals surface area contributed by atoms with E-state index in [1.807, 2.05) is 19.1 Å². The number of nitrogens with one attached hydrogen (secondary N) is 1. The highest BCUT2D eigenvalue weighted by Crippen LogP contribution is 2.24. The summed E-state index contributed by atoms with van der Waals surface area (Å²) in [5.41, 5.74) is 0.969. The third-order valence-electron chi connectivity index (χ3n) is 2.81. The number of benzene rings is 1. The summed E-state index contributed by atoms with van der Waals surface area (Å²) in [6.45, 7) is 5.60. The van der Waals surface area contributed by atoms with Gasteiger partial charge >= 0.3 is 0 Å². The molecule has 2 N–H and O–H groups in total. The van der Waals surface area contributed by atoms with E-state index in [0.717, 1.165) is 17.9 Å². The van der Waals surface area contributed by atoms with E-state index < -0.39 is 6.10 Å². The van der Waals surface area contributed by atoms with Gasteiger partial charge in [-0.25, -0.2) is 0 Å². The van der Waals surface area contributed by atoms with E-state index in [-0.39, 0.29) is 6.10 Å². The van der Waals surface area contributed by atoms with Crippen molar-refractivity contribution in [2.45, 2.75) is 32.6 Å². The Bertz CT molecular complexity index is 385. The summed E-state index contributed by atoms with van der Waals surface area (Å²) < 4.78 is 10.7. The topological polar surface area (TPSA) is 50.7 Å². The molecule has 0 spiro atoms. The number of hydrogen-bond acceptors (Lipinski definition) is 4. The average molecular weight is 288 g/mol. The molecule has 19 heavy (non-hydrogen) atoms. The average Bonchev–Trinajstić information content (AvgIpc) is 2.37. The molecule has 0 saturated carbocycles. The molecule has 5 heteroatoms. The lowest BCUT2D eigenvalue weighted by Crippen LogP contribution is -2.26. The maximum atomic E-state index is 9.49. The van der Waals surface area contributed by atoms with E-state index >= 15 is 0 Å². The Kier molecular flexibility index (Phi) is 7.16. The molecule has 1 aromatic carbocycles. The van der Waals surface area contributed by atoms with E-state index in [9.17, 15) is 5.11 Å². The van der Waals surface area contributed by atoms with Crippen molar-refractivity contribution in [1.82, 2.24) is 5.32 Å². The van der Waals surface area contributed by atoms with Gasteiger partial charge in [0.25, 0.3) is 0 Å². The molecule has 0 saturated heterocycles.